The number of carboxylic acids is 1. The highest BCUT2D eigenvalue weighted by atomic mass is 16.5. The maximum Gasteiger partial charge on any atom is 0.304 e. The van der Waals surface area contributed by atoms with Crippen molar-refractivity contribution in [2.24, 2.45) is 0 Å². The molecule has 1 heterocycles. The largest absolute Gasteiger partial charge is 0.497 e. The summed E-state index contributed by atoms with van der Waals surface area (Å²) in [7, 11) is 1.70. The number of aryl methyl sites for hydroxylation is 2. The molecule has 0 fully saturated rings. The molecule has 2 aliphatic rings. The lowest BCUT2D eigenvalue weighted by molar-refractivity contribution is -0.137. The van der Waals surface area contributed by atoms with Gasteiger partial charge < -0.3 is 19.3 Å². The van der Waals surface area contributed by atoms with Gasteiger partial charge in [0.15, 0.2) is 0 Å². The van der Waals surface area contributed by atoms with Crippen molar-refractivity contribution in [3.8, 4) is 28.4 Å². The molecule has 1 aliphatic heterocycles. The van der Waals surface area contributed by atoms with Crippen molar-refractivity contribution < 1.29 is 24.1 Å². The lowest BCUT2D eigenvalue weighted by atomic mass is 9.90. The van der Waals surface area contributed by atoms with Gasteiger partial charge in [-0.25, -0.2) is 0 Å². The van der Waals surface area contributed by atoms with E-state index in [0.717, 1.165) is 35.7 Å². The molecule has 0 saturated heterocycles. The van der Waals surface area contributed by atoms with E-state index in [9.17, 15) is 4.79 Å². The number of hydrogen-bond donors (Lipinski definition) is 1. The van der Waals surface area contributed by atoms with E-state index >= 15 is 0 Å². The molecule has 3 aromatic rings. The smallest absolute Gasteiger partial charge is 0.304 e. The molecule has 0 spiro atoms. The van der Waals surface area contributed by atoms with Gasteiger partial charge in [-0.3, -0.25) is 4.79 Å². The Balaban J connectivity index is 1.42. The summed E-state index contributed by atoms with van der Waals surface area (Å²) < 4.78 is 17.6. The number of methoxy groups -OCH3 is 1. The summed E-state index contributed by atoms with van der Waals surface area (Å²) in [6.45, 7) is 4.67. The molecular weight excluding hydrogens is 416 g/mol. The molecule has 33 heavy (non-hydrogen) atoms. The van der Waals surface area contributed by atoms with Crippen LogP contribution in [-0.4, -0.2) is 24.8 Å². The van der Waals surface area contributed by atoms with Crippen LogP contribution in [0.1, 0.15) is 52.7 Å². The summed E-state index contributed by atoms with van der Waals surface area (Å²) in [5.41, 5.74) is 8.47. The summed E-state index contributed by atoms with van der Waals surface area (Å²) in [6.07, 6.45) is 1.94. The van der Waals surface area contributed by atoms with E-state index in [0.29, 0.717) is 6.61 Å². The summed E-state index contributed by atoms with van der Waals surface area (Å²) in [5, 5.41) is 9.12. The van der Waals surface area contributed by atoms with E-state index in [4.69, 9.17) is 19.3 Å². The maximum atomic E-state index is 11.1. The average molecular weight is 445 g/mol. The Hall–Kier alpha value is -3.47. The number of fused-ring (bicyclic) bond motifs is 2. The zero-order chi connectivity index (χ0) is 23.1. The molecule has 5 rings (SSSR count). The number of carboxylic acid groups (broad SMARTS) is 1. The van der Waals surface area contributed by atoms with Crippen LogP contribution >= 0.6 is 0 Å². The predicted octanol–water partition coefficient (Wildman–Crippen LogP) is 6.00. The number of hydrogen-bond acceptors (Lipinski definition) is 4. The summed E-state index contributed by atoms with van der Waals surface area (Å²) in [5.74, 6) is 1.46. The molecule has 2 atom stereocenters. The van der Waals surface area contributed by atoms with E-state index in [1.54, 1.807) is 7.11 Å². The monoisotopic (exact) mass is 444 g/mol. The Morgan fingerprint density at radius 1 is 1.06 bits per heavy atom. The van der Waals surface area contributed by atoms with Crippen LogP contribution in [0, 0.1) is 13.8 Å². The van der Waals surface area contributed by atoms with Gasteiger partial charge in [0.05, 0.1) is 20.1 Å². The zero-order valence-electron chi connectivity index (χ0n) is 19.2. The maximum absolute atomic E-state index is 11.1. The van der Waals surface area contributed by atoms with E-state index in [1.807, 2.05) is 18.2 Å². The fraction of sp³-hybridized carbons (Fsp3) is 0.321. The number of carbonyl (C=O) groups is 1. The molecular formula is C28H28O5. The second-order valence-electron chi connectivity index (χ2n) is 8.96. The molecule has 0 aromatic heterocycles. The summed E-state index contributed by atoms with van der Waals surface area (Å²) in [6, 6.07) is 16.4. The van der Waals surface area contributed by atoms with Crippen LogP contribution in [0.4, 0.5) is 0 Å². The van der Waals surface area contributed by atoms with E-state index in [1.165, 1.54) is 33.4 Å². The minimum Gasteiger partial charge on any atom is -0.497 e. The van der Waals surface area contributed by atoms with Crippen molar-refractivity contribution in [1.29, 1.82) is 0 Å². The second kappa shape index (κ2) is 8.47. The standard InChI is InChI=1S/C28H28O5/c1-16-11-20(31-3)12-17(2)28(16)24-6-4-5-23-22(24)9-10-25(23)33-19-7-8-21-18(13-27(29)30)15-32-26(21)14-19/h4-8,11-12,14,18,25H,9-10,13,15H2,1-3H3,(H,29,30). The van der Waals surface area contributed by atoms with Gasteiger partial charge in [0.1, 0.15) is 23.4 Å². The molecule has 1 aliphatic carbocycles. The first-order valence-electron chi connectivity index (χ1n) is 11.4. The molecule has 0 radical (unpaired) electrons. The van der Waals surface area contributed by atoms with Crippen molar-refractivity contribution in [3.63, 3.8) is 0 Å². The molecule has 0 bridgehead atoms. The Morgan fingerprint density at radius 3 is 2.58 bits per heavy atom. The Kier molecular flexibility index (Phi) is 5.49. The van der Waals surface area contributed by atoms with E-state index in [2.05, 4.69) is 44.2 Å². The average Bonchev–Trinajstić information content (AvgIpc) is 3.37. The second-order valence-corrected chi connectivity index (χ2v) is 8.96. The van der Waals surface area contributed by atoms with Gasteiger partial charge >= 0.3 is 5.97 Å². The third-order valence-electron chi connectivity index (χ3n) is 6.79. The molecule has 170 valence electrons. The van der Waals surface area contributed by atoms with Crippen LogP contribution in [0.15, 0.2) is 48.5 Å². The van der Waals surface area contributed by atoms with Gasteiger partial charge in [0.25, 0.3) is 0 Å². The Bertz CT molecular complexity index is 1210. The van der Waals surface area contributed by atoms with Gasteiger partial charge in [-0.05, 0) is 78.3 Å². The lowest BCUT2D eigenvalue weighted by Gasteiger charge is -2.18. The number of aliphatic carboxylic acids is 1. The highest BCUT2D eigenvalue weighted by Gasteiger charge is 2.30. The lowest BCUT2D eigenvalue weighted by Crippen LogP contribution is -2.07. The third kappa shape index (κ3) is 3.92. The molecule has 2 unspecified atom stereocenters. The van der Waals surface area contributed by atoms with Crippen LogP contribution in [0.2, 0.25) is 0 Å². The van der Waals surface area contributed by atoms with Gasteiger partial charge in [0, 0.05) is 17.5 Å². The molecule has 5 nitrogen and oxygen atoms in total. The van der Waals surface area contributed by atoms with E-state index < -0.39 is 5.97 Å². The van der Waals surface area contributed by atoms with Crippen LogP contribution in [0.5, 0.6) is 17.2 Å². The van der Waals surface area contributed by atoms with Gasteiger partial charge in [0.2, 0.25) is 0 Å². The Morgan fingerprint density at radius 2 is 1.85 bits per heavy atom. The van der Waals surface area contributed by atoms with Crippen molar-refractivity contribution in [2.45, 2.75) is 45.1 Å². The zero-order valence-corrected chi connectivity index (χ0v) is 19.2. The minimum absolute atomic E-state index is 0.0203. The fourth-order valence-electron chi connectivity index (χ4n) is 5.31. The van der Waals surface area contributed by atoms with Crippen molar-refractivity contribution in [3.05, 3.63) is 76.3 Å². The van der Waals surface area contributed by atoms with Crippen LogP contribution in [0.3, 0.4) is 0 Å². The van der Waals surface area contributed by atoms with Crippen molar-refractivity contribution >= 4 is 5.97 Å². The van der Waals surface area contributed by atoms with Gasteiger partial charge in [-0.1, -0.05) is 24.3 Å². The first-order valence-corrected chi connectivity index (χ1v) is 11.4. The highest BCUT2D eigenvalue weighted by molar-refractivity contribution is 5.76. The van der Waals surface area contributed by atoms with Gasteiger partial charge in [-0.2, -0.15) is 0 Å². The van der Waals surface area contributed by atoms with Crippen molar-refractivity contribution in [1.82, 2.24) is 0 Å². The quantitative estimate of drug-likeness (QED) is 0.505. The fourth-order valence-corrected chi connectivity index (χ4v) is 5.31. The number of benzene rings is 3. The number of rotatable bonds is 6. The molecule has 5 heteroatoms. The number of ether oxygens (including phenoxy) is 3. The molecule has 3 aromatic carbocycles. The highest BCUT2D eigenvalue weighted by Crippen LogP contribution is 2.44. The Labute approximate surface area is 193 Å². The molecule has 1 N–H and O–H groups in total. The normalized spacial score (nSPS) is 18.4. The van der Waals surface area contributed by atoms with Crippen LogP contribution in [0.25, 0.3) is 11.1 Å². The third-order valence-corrected chi connectivity index (χ3v) is 6.79. The van der Waals surface area contributed by atoms with E-state index in [-0.39, 0.29) is 18.4 Å². The first-order chi connectivity index (χ1) is 15.9. The predicted molar refractivity (Wildman–Crippen MR) is 127 cm³/mol. The molecule has 0 amide bonds. The first kappa shape index (κ1) is 21.4. The van der Waals surface area contributed by atoms with Crippen LogP contribution in [-0.2, 0) is 11.2 Å². The minimum atomic E-state index is -0.808. The molecule has 0 saturated carbocycles. The van der Waals surface area contributed by atoms with Crippen molar-refractivity contribution in [2.75, 3.05) is 13.7 Å². The van der Waals surface area contributed by atoms with Gasteiger partial charge in [-0.15, -0.1) is 0 Å². The van der Waals surface area contributed by atoms with Crippen LogP contribution < -0.4 is 14.2 Å². The topological polar surface area (TPSA) is 65.0 Å². The summed E-state index contributed by atoms with van der Waals surface area (Å²) >= 11 is 0. The SMILES string of the molecule is COc1cc(C)c(-c2cccc3c2CCC3Oc2ccc3c(c2)OCC3CC(=O)O)c(C)c1. The summed E-state index contributed by atoms with van der Waals surface area (Å²) in [4.78, 5) is 11.1.